The van der Waals surface area contributed by atoms with Gasteiger partial charge in [-0.3, -0.25) is 0 Å². The Hall–Kier alpha value is -4.34. The van der Waals surface area contributed by atoms with E-state index >= 15 is 0 Å². The summed E-state index contributed by atoms with van der Waals surface area (Å²) < 4.78 is 4.69. The van der Waals surface area contributed by atoms with E-state index in [1.54, 1.807) is 12.1 Å². The number of carboxylic acids is 1. The van der Waals surface area contributed by atoms with Gasteiger partial charge in [0, 0.05) is 11.3 Å². The Morgan fingerprint density at radius 2 is 1.71 bits per heavy atom. The minimum atomic E-state index is -1.07. The molecule has 138 valence electrons. The van der Waals surface area contributed by atoms with Crippen molar-refractivity contribution in [2.45, 2.75) is 0 Å². The summed E-state index contributed by atoms with van der Waals surface area (Å²) >= 11 is 0. The van der Waals surface area contributed by atoms with E-state index in [9.17, 15) is 9.90 Å². The third-order valence-corrected chi connectivity index (χ3v) is 3.89. The highest BCUT2D eigenvalue weighted by Gasteiger charge is 2.20. The van der Waals surface area contributed by atoms with Crippen LogP contribution in [0.3, 0.4) is 0 Å². The number of carboxylic acid groups (broad SMARTS) is 1. The van der Waals surface area contributed by atoms with Crippen molar-refractivity contribution >= 4 is 34.5 Å². The number of aromatic nitrogens is 4. The lowest BCUT2D eigenvalue weighted by Crippen LogP contribution is -2.14. The molecule has 10 nitrogen and oxygen atoms in total. The maximum atomic E-state index is 11.3. The summed E-state index contributed by atoms with van der Waals surface area (Å²) in [4.78, 5) is 20.1. The third kappa shape index (κ3) is 3.21. The van der Waals surface area contributed by atoms with Gasteiger partial charge in [0.25, 0.3) is 0 Å². The summed E-state index contributed by atoms with van der Waals surface area (Å²) in [6, 6.07) is 15.5. The molecule has 28 heavy (non-hydrogen) atoms. The molecule has 2 aromatic heterocycles. The summed E-state index contributed by atoms with van der Waals surface area (Å²) in [5.74, 6) is 4.88. The number of benzene rings is 2. The quantitative estimate of drug-likeness (QED) is 0.270. The number of nitrogens with one attached hydrogen (secondary N) is 1. The average molecular weight is 375 g/mol. The molecule has 2 heterocycles. The number of hydrogen-bond donors (Lipinski definition) is 3. The van der Waals surface area contributed by atoms with Crippen LogP contribution in [0.5, 0.6) is 0 Å². The largest absolute Gasteiger partial charge is 0.478 e. The molecule has 0 aliphatic heterocycles. The SMILES string of the molecule is NN=C(c1cccc(C(=O)O)c1)c1nc2nonc2nc1Nc1ccccc1. The number of aromatic carboxylic acids is 1. The first kappa shape index (κ1) is 17.1. The van der Waals surface area contributed by atoms with Crippen LogP contribution in [-0.2, 0) is 0 Å². The zero-order valence-corrected chi connectivity index (χ0v) is 14.3. The molecule has 0 saturated carbocycles. The van der Waals surface area contributed by atoms with Crippen molar-refractivity contribution in [3.05, 3.63) is 71.4 Å². The fourth-order valence-corrected chi connectivity index (χ4v) is 2.62. The van der Waals surface area contributed by atoms with Gasteiger partial charge < -0.3 is 16.3 Å². The van der Waals surface area contributed by atoms with E-state index < -0.39 is 5.97 Å². The molecule has 0 amide bonds. The van der Waals surface area contributed by atoms with Crippen LogP contribution < -0.4 is 11.2 Å². The fraction of sp³-hybridized carbons (Fsp3) is 0. The number of para-hydroxylation sites is 1. The molecular formula is C18H13N7O3. The van der Waals surface area contributed by atoms with E-state index in [1.165, 1.54) is 12.1 Å². The first-order chi connectivity index (χ1) is 13.7. The lowest BCUT2D eigenvalue weighted by atomic mass is 10.0. The molecule has 0 bridgehead atoms. The second kappa shape index (κ2) is 7.11. The van der Waals surface area contributed by atoms with E-state index in [0.29, 0.717) is 11.4 Å². The Labute approximate surface area is 157 Å². The van der Waals surface area contributed by atoms with Crippen molar-refractivity contribution in [2.24, 2.45) is 10.9 Å². The summed E-state index contributed by atoms with van der Waals surface area (Å²) in [7, 11) is 0. The van der Waals surface area contributed by atoms with Gasteiger partial charge in [0.05, 0.1) is 5.56 Å². The highest BCUT2D eigenvalue weighted by atomic mass is 16.6. The molecule has 4 rings (SSSR count). The Morgan fingerprint density at radius 3 is 2.43 bits per heavy atom. The summed E-state index contributed by atoms with van der Waals surface area (Å²) in [6.45, 7) is 0. The van der Waals surface area contributed by atoms with Crippen molar-refractivity contribution in [3.8, 4) is 0 Å². The maximum Gasteiger partial charge on any atom is 0.335 e. The van der Waals surface area contributed by atoms with Crippen molar-refractivity contribution in [3.63, 3.8) is 0 Å². The summed E-state index contributed by atoms with van der Waals surface area (Å²) in [5, 5.41) is 23.6. The van der Waals surface area contributed by atoms with Gasteiger partial charge in [-0.1, -0.05) is 30.3 Å². The molecule has 0 unspecified atom stereocenters. The molecule has 0 fully saturated rings. The standard InChI is InChI=1S/C18H13N7O3/c19-23-13(10-5-4-6-11(9-10)18(26)27)14-15(20-12-7-2-1-3-8-12)22-17-16(21-14)24-28-25-17/h1-9H,19H2,(H,26,27)(H,20,22,25). The Morgan fingerprint density at radius 1 is 1.00 bits per heavy atom. The van der Waals surface area contributed by atoms with Gasteiger partial charge in [0.15, 0.2) is 5.82 Å². The van der Waals surface area contributed by atoms with Crippen molar-refractivity contribution in [1.29, 1.82) is 0 Å². The molecule has 0 saturated heterocycles. The molecule has 0 spiro atoms. The van der Waals surface area contributed by atoms with Gasteiger partial charge in [-0.05, 0) is 34.6 Å². The predicted octanol–water partition coefficient (Wildman–Crippen LogP) is 2.17. The molecule has 2 aromatic carbocycles. The number of rotatable bonds is 5. The van der Waals surface area contributed by atoms with Gasteiger partial charge >= 0.3 is 5.97 Å². The van der Waals surface area contributed by atoms with Crippen molar-refractivity contribution in [2.75, 3.05) is 5.32 Å². The monoisotopic (exact) mass is 375 g/mol. The molecule has 0 aliphatic rings. The maximum absolute atomic E-state index is 11.3. The van der Waals surface area contributed by atoms with E-state index in [4.69, 9.17) is 10.5 Å². The normalized spacial score (nSPS) is 11.5. The zero-order chi connectivity index (χ0) is 19.5. The number of carbonyl (C=O) groups is 1. The minimum Gasteiger partial charge on any atom is -0.478 e. The van der Waals surface area contributed by atoms with Crippen LogP contribution in [0.1, 0.15) is 21.6 Å². The lowest BCUT2D eigenvalue weighted by molar-refractivity contribution is 0.0697. The third-order valence-electron chi connectivity index (χ3n) is 3.89. The number of nitrogens with zero attached hydrogens (tertiary/aromatic N) is 5. The van der Waals surface area contributed by atoms with Crippen LogP contribution >= 0.6 is 0 Å². The molecule has 10 heteroatoms. The van der Waals surface area contributed by atoms with Gasteiger partial charge in [0.1, 0.15) is 11.4 Å². The van der Waals surface area contributed by atoms with Crippen LogP contribution in [0.4, 0.5) is 11.5 Å². The molecule has 4 aromatic rings. The Kier molecular flexibility index (Phi) is 4.34. The van der Waals surface area contributed by atoms with Crippen LogP contribution in [0, 0.1) is 0 Å². The molecule has 0 atom stereocenters. The van der Waals surface area contributed by atoms with Gasteiger partial charge in [-0.2, -0.15) is 5.10 Å². The highest BCUT2D eigenvalue weighted by molar-refractivity contribution is 6.15. The fourth-order valence-electron chi connectivity index (χ4n) is 2.62. The average Bonchev–Trinajstić information content (AvgIpc) is 3.17. The topological polar surface area (TPSA) is 152 Å². The predicted molar refractivity (Wildman–Crippen MR) is 100 cm³/mol. The van der Waals surface area contributed by atoms with Crippen LogP contribution in [0.2, 0.25) is 0 Å². The minimum absolute atomic E-state index is 0.0911. The van der Waals surface area contributed by atoms with Crippen LogP contribution in [0.25, 0.3) is 11.3 Å². The van der Waals surface area contributed by atoms with Gasteiger partial charge in [-0.25, -0.2) is 19.4 Å². The summed E-state index contributed by atoms with van der Waals surface area (Å²) in [6.07, 6.45) is 0. The van der Waals surface area contributed by atoms with Crippen LogP contribution in [0.15, 0.2) is 64.3 Å². The number of anilines is 2. The van der Waals surface area contributed by atoms with E-state index in [2.05, 4.69) is 30.7 Å². The van der Waals surface area contributed by atoms with Crippen LogP contribution in [-0.4, -0.2) is 37.1 Å². The number of hydrazone groups is 1. The smallest absolute Gasteiger partial charge is 0.335 e. The zero-order valence-electron chi connectivity index (χ0n) is 14.3. The second-order valence-electron chi connectivity index (χ2n) is 5.69. The van der Waals surface area contributed by atoms with Crippen molar-refractivity contribution < 1.29 is 14.5 Å². The van der Waals surface area contributed by atoms with E-state index in [1.807, 2.05) is 30.3 Å². The lowest BCUT2D eigenvalue weighted by Gasteiger charge is -2.12. The Bertz CT molecular complexity index is 1190. The molecule has 4 N–H and O–H groups in total. The number of nitrogens with two attached hydrogens (primary N) is 1. The van der Waals surface area contributed by atoms with E-state index in [0.717, 1.165) is 5.69 Å². The van der Waals surface area contributed by atoms with E-state index in [-0.39, 0.29) is 28.3 Å². The first-order valence-corrected chi connectivity index (χ1v) is 8.10. The van der Waals surface area contributed by atoms with Crippen molar-refractivity contribution in [1.82, 2.24) is 20.3 Å². The molecular weight excluding hydrogens is 362 g/mol. The summed E-state index contributed by atoms with van der Waals surface area (Å²) in [5.41, 5.74) is 2.19. The molecule has 0 radical (unpaired) electrons. The number of hydrogen-bond acceptors (Lipinski definition) is 9. The Balaban J connectivity index is 1.86. The number of fused-ring (bicyclic) bond motifs is 1. The van der Waals surface area contributed by atoms with Gasteiger partial charge in [-0.15, -0.1) is 0 Å². The highest BCUT2D eigenvalue weighted by Crippen LogP contribution is 2.23. The second-order valence-corrected chi connectivity index (χ2v) is 5.69. The first-order valence-electron chi connectivity index (χ1n) is 8.10. The van der Waals surface area contributed by atoms with Gasteiger partial charge in [0.2, 0.25) is 11.3 Å². The molecule has 0 aliphatic carbocycles.